The minimum Gasteiger partial charge on any atom is -0.248 e. The molecular formula is C19H15BF6. The molecule has 0 saturated heterocycles. The molecule has 0 saturated carbocycles. The number of halogens is 6. The van der Waals surface area contributed by atoms with Crippen LogP contribution in [0.5, 0.6) is 0 Å². The van der Waals surface area contributed by atoms with Crippen LogP contribution in [0.2, 0.25) is 0 Å². The summed E-state index contributed by atoms with van der Waals surface area (Å²) >= 11 is 0. The van der Waals surface area contributed by atoms with E-state index in [2.05, 4.69) is 0 Å². The highest BCUT2D eigenvalue weighted by molar-refractivity contribution is 6.80. The summed E-state index contributed by atoms with van der Waals surface area (Å²) in [7, 11) is 0. The molecule has 0 nitrogen and oxygen atoms in total. The molecule has 2 aliphatic carbocycles. The average Bonchev–Trinajstić information content (AvgIpc) is 2.51. The topological polar surface area (TPSA) is 0 Å². The van der Waals surface area contributed by atoms with Gasteiger partial charge in [-0.15, -0.1) is 0 Å². The molecule has 2 atom stereocenters. The molecule has 0 bridgehead atoms. The maximum Gasteiger partial charge on any atom is 0.275 e. The van der Waals surface area contributed by atoms with E-state index < -0.39 is 54.0 Å². The van der Waals surface area contributed by atoms with Gasteiger partial charge in [0.25, 0.3) is 6.71 Å². The summed E-state index contributed by atoms with van der Waals surface area (Å²) in [6.07, 6.45) is 4.50. The van der Waals surface area contributed by atoms with Crippen molar-refractivity contribution in [3.63, 3.8) is 0 Å². The second kappa shape index (κ2) is 6.52. The standard InChI is InChI=1S/C19H15BF6/c1-12-16(8-15(23)9-17(12)24)20(18(25)6-2-4-13(21)10-18)19(26)7-3-5-14(22)11-19/h2-9H,10-11H2,1H3. The van der Waals surface area contributed by atoms with Crippen molar-refractivity contribution in [2.24, 2.45) is 0 Å². The highest BCUT2D eigenvalue weighted by atomic mass is 19.2. The SMILES string of the molecule is Cc1c(F)cc(F)cc1B(C1(F)C=CC=C(F)C1)C1(F)C=CC=C(F)C1. The fourth-order valence-electron chi connectivity index (χ4n) is 3.66. The van der Waals surface area contributed by atoms with Crippen LogP contribution in [0.3, 0.4) is 0 Å². The minimum atomic E-state index is -2.62. The van der Waals surface area contributed by atoms with Gasteiger partial charge in [-0.25, -0.2) is 26.3 Å². The Bertz CT molecular complexity index is 814. The summed E-state index contributed by atoms with van der Waals surface area (Å²) in [5.74, 6) is -3.68. The Morgan fingerprint density at radius 2 is 1.35 bits per heavy atom. The number of hydrogen-bond acceptors (Lipinski definition) is 0. The normalized spacial score (nSPS) is 28.0. The van der Waals surface area contributed by atoms with Crippen LogP contribution in [0.4, 0.5) is 26.3 Å². The molecule has 2 unspecified atom stereocenters. The molecular weight excluding hydrogens is 353 g/mol. The summed E-state index contributed by atoms with van der Waals surface area (Å²) in [4.78, 5) is 0. The van der Waals surface area contributed by atoms with Crippen molar-refractivity contribution in [3.05, 3.63) is 77.4 Å². The first-order valence-corrected chi connectivity index (χ1v) is 8.06. The molecule has 0 aliphatic heterocycles. The summed E-state index contributed by atoms with van der Waals surface area (Å²) in [5, 5.41) is 0. The van der Waals surface area contributed by atoms with E-state index >= 15 is 8.78 Å². The van der Waals surface area contributed by atoms with Crippen LogP contribution in [0.15, 0.2) is 60.2 Å². The Balaban J connectivity index is 2.22. The molecule has 7 heteroatoms. The first kappa shape index (κ1) is 18.6. The zero-order valence-electron chi connectivity index (χ0n) is 13.9. The molecule has 0 radical (unpaired) electrons. The van der Waals surface area contributed by atoms with Crippen LogP contribution < -0.4 is 5.46 Å². The van der Waals surface area contributed by atoms with Gasteiger partial charge in [0.2, 0.25) is 0 Å². The molecule has 0 fully saturated rings. The lowest BCUT2D eigenvalue weighted by atomic mass is 9.26. The largest absolute Gasteiger partial charge is 0.275 e. The molecule has 136 valence electrons. The van der Waals surface area contributed by atoms with Gasteiger partial charge in [-0.2, -0.15) is 0 Å². The van der Waals surface area contributed by atoms with Crippen LogP contribution >= 0.6 is 0 Å². The van der Waals surface area contributed by atoms with Crippen molar-refractivity contribution in [3.8, 4) is 0 Å². The van der Waals surface area contributed by atoms with E-state index in [0.29, 0.717) is 6.07 Å². The Morgan fingerprint density at radius 1 is 0.846 bits per heavy atom. The summed E-state index contributed by atoms with van der Waals surface area (Å²) in [5.41, 5.74) is -5.72. The lowest BCUT2D eigenvalue weighted by Crippen LogP contribution is -2.63. The van der Waals surface area contributed by atoms with Gasteiger partial charge in [0.15, 0.2) is 0 Å². The minimum absolute atomic E-state index is 0.169. The van der Waals surface area contributed by atoms with Crippen LogP contribution in [0.25, 0.3) is 0 Å². The number of alkyl halides is 2. The molecule has 3 rings (SSSR count). The molecule has 26 heavy (non-hydrogen) atoms. The predicted octanol–water partition coefficient (Wildman–Crippen LogP) is 5.10. The lowest BCUT2D eigenvalue weighted by Gasteiger charge is -2.39. The molecule has 0 N–H and O–H groups in total. The molecule has 1 aromatic rings. The zero-order valence-corrected chi connectivity index (χ0v) is 13.9. The second-order valence-corrected chi connectivity index (χ2v) is 6.69. The van der Waals surface area contributed by atoms with E-state index in [1.807, 2.05) is 0 Å². The number of benzene rings is 1. The summed E-state index contributed by atoms with van der Waals surface area (Å²) in [6, 6.07) is 1.42. The van der Waals surface area contributed by atoms with Crippen LogP contribution in [-0.4, -0.2) is 17.8 Å². The van der Waals surface area contributed by atoms with Gasteiger partial charge in [-0.05, 0) is 30.7 Å². The van der Waals surface area contributed by atoms with Gasteiger partial charge >= 0.3 is 0 Å². The quantitative estimate of drug-likeness (QED) is 0.515. The lowest BCUT2D eigenvalue weighted by molar-refractivity contribution is 0.258. The van der Waals surface area contributed by atoms with E-state index in [0.717, 1.165) is 42.5 Å². The average molecular weight is 368 g/mol. The molecule has 1 aromatic carbocycles. The van der Waals surface area contributed by atoms with E-state index in [1.54, 1.807) is 0 Å². The van der Waals surface area contributed by atoms with Crippen molar-refractivity contribution < 1.29 is 26.3 Å². The van der Waals surface area contributed by atoms with Crippen LogP contribution in [-0.2, 0) is 0 Å². The van der Waals surface area contributed by atoms with E-state index in [-0.39, 0.29) is 11.0 Å². The molecule has 0 aromatic heterocycles. The Labute approximate surface area is 147 Å². The highest BCUT2D eigenvalue weighted by Gasteiger charge is 2.57. The van der Waals surface area contributed by atoms with E-state index in [9.17, 15) is 17.6 Å². The van der Waals surface area contributed by atoms with Crippen LogP contribution in [0, 0.1) is 18.6 Å². The Hall–Kier alpha value is -2.18. The van der Waals surface area contributed by atoms with E-state index in [4.69, 9.17) is 0 Å². The van der Waals surface area contributed by atoms with Gasteiger partial charge < -0.3 is 0 Å². The maximum atomic E-state index is 15.7. The highest BCUT2D eigenvalue weighted by Crippen LogP contribution is 2.41. The molecule has 0 heterocycles. The van der Waals surface area contributed by atoms with Crippen molar-refractivity contribution >= 4 is 12.2 Å². The number of hydrogen-bond donors (Lipinski definition) is 0. The first-order chi connectivity index (χ1) is 12.1. The second-order valence-electron chi connectivity index (χ2n) is 6.69. The maximum absolute atomic E-state index is 15.7. The van der Waals surface area contributed by atoms with Crippen molar-refractivity contribution in [1.82, 2.24) is 0 Å². The molecule has 0 spiro atoms. The van der Waals surface area contributed by atoms with Gasteiger partial charge in [0, 0.05) is 18.9 Å². The molecule has 0 amide bonds. The monoisotopic (exact) mass is 368 g/mol. The Kier molecular flexibility index (Phi) is 4.67. The van der Waals surface area contributed by atoms with Gasteiger partial charge in [0.1, 0.15) is 34.4 Å². The van der Waals surface area contributed by atoms with Crippen molar-refractivity contribution in [2.45, 2.75) is 30.9 Å². The fourth-order valence-corrected chi connectivity index (χ4v) is 3.66. The van der Waals surface area contributed by atoms with Crippen molar-refractivity contribution in [1.29, 1.82) is 0 Å². The fraction of sp³-hybridized carbons (Fsp3) is 0.263. The summed E-state index contributed by atoms with van der Waals surface area (Å²) < 4.78 is 86.9. The van der Waals surface area contributed by atoms with Gasteiger partial charge in [-0.3, -0.25) is 0 Å². The number of allylic oxidation sites excluding steroid dienone is 8. The molecule has 2 aliphatic rings. The third-order valence-corrected chi connectivity index (χ3v) is 4.80. The van der Waals surface area contributed by atoms with Gasteiger partial charge in [-0.1, -0.05) is 29.8 Å². The third-order valence-electron chi connectivity index (χ3n) is 4.80. The zero-order chi connectivity index (χ0) is 19.1. The van der Waals surface area contributed by atoms with Crippen LogP contribution in [0.1, 0.15) is 18.4 Å². The van der Waals surface area contributed by atoms with Crippen molar-refractivity contribution in [2.75, 3.05) is 0 Å². The van der Waals surface area contributed by atoms with Gasteiger partial charge in [0.05, 0.1) is 0 Å². The number of rotatable bonds is 3. The smallest absolute Gasteiger partial charge is 0.248 e. The third kappa shape index (κ3) is 3.27. The van der Waals surface area contributed by atoms with E-state index in [1.165, 1.54) is 6.92 Å². The first-order valence-electron chi connectivity index (χ1n) is 8.06. The summed E-state index contributed by atoms with van der Waals surface area (Å²) in [6.45, 7) is -0.590. The Morgan fingerprint density at radius 3 is 1.81 bits per heavy atom. The predicted molar refractivity (Wildman–Crippen MR) is 90.1 cm³/mol.